The first-order valence-electron chi connectivity index (χ1n) is 5.08. The fourth-order valence-corrected chi connectivity index (χ4v) is 1.29. The average Bonchev–Trinajstić information content (AvgIpc) is 2.25. The molecule has 0 saturated heterocycles. The van der Waals surface area contributed by atoms with E-state index >= 15 is 0 Å². The maximum absolute atomic E-state index is 11.5. The van der Waals surface area contributed by atoms with E-state index in [-0.39, 0.29) is 31.3 Å². The number of methoxy groups -OCH3 is 2. The van der Waals surface area contributed by atoms with Crippen LogP contribution in [-0.4, -0.2) is 44.8 Å². The van der Waals surface area contributed by atoms with Gasteiger partial charge in [0.15, 0.2) is 5.54 Å². The van der Waals surface area contributed by atoms with Gasteiger partial charge >= 0.3 is 5.97 Å². The Morgan fingerprint density at radius 1 is 1.35 bits per heavy atom. The van der Waals surface area contributed by atoms with Crippen LogP contribution < -0.4 is 11.1 Å². The lowest BCUT2D eigenvalue weighted by atomic mass is 10.0. The number of nitrogens with one attached hydrogen (secondary N) is 1. The third-order valence-corrected chi connectivity index (χ3v) is 2.09. The molecule has 0 bridgehead atoms. The minimum absolute atomic E-state index is 0. The fourth-order valence-electron chi connectivity index (χ4n) is 1.29. The largest absolute Gasteiger partial charge is 0.467 e. The first-order chi connectivity index (χ1) is 7.50. The molecule has 0 fully saturated rings. The Morgan fingerprint density at radius 3 is 2.35 bits per heavy atom. The summed E-state index contributed by atoms with van der Waals surface area (Å²) >= 11 is 0. The second-order valence-corrected chi connectivity index (χ2v) is 3.70. The number of hydrogen-bond donors (Lipinski definition) is 2. The number of hydrogen-bond acceptors (Lipinski definition) is 5. The highest BCUT2D eigenvalue weighted by Crippen LogP contribution is 2.07. The maximum atomic E-state index is 11.5. The third kappa shape index (κ3) is 6.45. The number of halogens is 1. The maximum Gasteiger partial charge on any atom is 0.333 e. The van der Waals surface area contributed by atoms with Crippen molar-refractivity contribution in [1.82, 2.24) is 5.32 Å². The van der Waals surface area contributed by atoms with Crippen molar-refractivity contribution in [2.75, 3.05) is 27.4 Å². The molecule has 6 nitrogen and oxygen atoms in total. The van der Waals surface area contributed by atoms with E-state index in [1.54, 1.807) is 6.92 Å². The fraction of sp³-hybridized carbons (Fsp3) is 0.800. The summed E-state index contributed by atoms with van der Waals surface area (Å²) in [5.74, 6) is -0.772. The normalized spacial score (nSPS) is 13.2. The summed E-state index contributed by atoms with van der Waals surface area (Å²) < 4.78 is 9.51. The molecule has 0 aliphatic carbocycles. The Labute approximate surface area is 108 Å². The van der Waals surface area contributed by atoms with Crippen LogP contribution in [0.3, 0.4) is 0 Å². The molecule has 102 valence electrons. The van der Waals surface area contributed by atoms with E-state index in [2.05, 4.69) is 10.1 Å². The molecule has 0 aliphatic rings. The highest BCUT2D eigenvalue weighted by atomic mass is 35.5. The van der Waals surface area contributed by atoms with Crippen molar-refractivity contribution in [3.05, 3.63) is 0 Å². The summed E-state index contributed by atoms with van der Waals surface area (Å²) in [5.41, 5.74) is 4.15. The summed E-state index contributed by atoms with van der Waals surface area (Å²) in [5, 5.41) is 2.59. The van der Waals surface area contributed by atoms with Gasteiger partial charge in [-0.05, 0) is 19.9 Å². The van der Waals surface area contributed by atoms with Gasteiger partial charge in [-0.2, -0.15) is 0 Å². The number of esters is 1. The lowest BCUT2D eigenvalue weighted by Crippen LogP contribution is -2.55. The number of carbonyl (C=O) groups excluding carboxylic acids is 2. The van der Waals surface area contributed by atoms with Crippen LogP contribution in [-0.2, 0) is 19.1 Å². The SMILES string of the molecule is COCC(C)(NC(=O)CCCN)C(=O)OC.Cl. The Morgan fingerprint density at radius 2 is 1.94 bits per heavy atom. The van der Waals surface area contributed by atoms with E-state index in [0.29, 0.717) is 13.0 Å². The van der Waals surface area contributed by atoms with Gasteiger partial charge < -0.3 is 20.5 Å². The van der Waals surface area contributed by atoms with Crippen molar-refractivity contribution in [3.8, 4) is 0 Å². The van der Waals surface area contributed by atoms with Crippen molar-refractivity contribution >= 4 is 24.3 Å². The predicted molar refractivity (Wildman–Crippen MR) is 66.0 cm³/mol. The standard InChI is InChI=1S/C10H20N2O4.ClH/c1-10(7-15-2,9(14)16-3)12-8(13)5-4-6-11;/h4-7,11H2,1-3H3,(H,12,13);1H. The minimum Gasteiger partial charge on any atom is -0.467 e. The molecule has 0 aliphatic heterocycles. The number of nitrogens with two attached hydrogens (primary N) is 1. The zero-order chi connectivity index (χ0) is 12.6. The number of rotatable bonds is 7. The second-order valence-electron chi connectivity index (χ2n) is 3.70. The molecular weight excluding hydrogens is 248 g/mol. The van der Waals surface area contributed by atoms with Crippen molar-refractivity contribution in [1.29, 1.82) is 0 Å². The molecule has 1 unspecified atom stereocenters. The van der Waals surface area contributed by atoms with Gasteiger partial charge in [-0.1, -0.05) is 0 Å². The summed E-state index contributed by atoms with van der Waals surface area (Å²) in [6.45, 7) is 2.06. The zero-order valence-corrected chi connectivity index (χ0v) is 11.3. The number of amides is 1. The van der Waals surface area contributed by atoms with Crippen LogP contribution in [0.25, 0.3) is 0 Å². The summed E-state index contributed by atoms with van der Waals surface area (Å²) in [6.07, 6.45) is 0.864. The highest BCUT2D eigenvalue weighted by molar-refractivity contribution is 5.87. The second kappa shape index (κ2) is 9.21. The van der Waals surface area contributed by atoms with E-state index in [1.807, 2.05) is 0 Å². The highest BCUT2D eigenvalue weighted by Gasteiger charge is 2.35. The lowest BCUT2D eigenvalue weighted by Gasteiger charge is -2.26. The molecule has 0 aromatic rings. The molecule has 0 aromatic heterocycles. The topological polar surface area (TPSA) is 90.6 Å². The molecular formula is C10H21ClN2O4. The molecule has 7 heteroatoms. The monoisotopic (exact) mass is 268 g/mol. The van der Waals surface area contributed by atoms with E-state index in [0.717, 1.165) is 0 Å². The number of carbonyl (C=O) groups is 2. The van der Waals surface area contributed by atoms with E-state index in [1.165, 1.54) is 14.2 Å². The first kappa shape index (κ1) is 18.5. The quantitative estimate of drug-likeness (QED) is 0.626. The molecule has 3 N–H and O–H groups in total. The van der Waals surface area contributed by atoms with E-state index in [4.69, 9.17) is 10.5 Å². The first-order valence-corrected chi connectivity index (χ1v) is 5.08. The summed E-state index contributed by atoms with van der Waals surface area (Å²) in [7, 11) is 2.72. The van der Waals surface area contributed by atoms with Crippen LogP contribution in [0, 0.1) is 0 Å². The molecule has 17 heavy (non-hydrogen) atoms. The molecule has 0 saturated carbocycles. The van der Waals surface area contributed by atoms with Crippen molar-refractivity contribution in [2.45, 2.75) is 25.3 Å². The molecule has 0 rings (SSSR count). The molecule has 0 heterocycles. The van der Waals surface area contributed by atoms with Crippen LogP contribution >= 0.6 is 12.4 Å². The van der Waals surface area contributed by atoms with Gasteiger partial charge in [-0.15, -0.1) is 12.4 Å². The van der Waals surface area contributed by atoms with Gasteiger partial charge in [-0.3, -0.25) is 4.79 Å². The zero-order valence-electron chi connectivity index (χ0n) is 10.4. The Balaban J connectivity index is 0. The van der Waals surface area contributed by atoms with Gasteiger partial charge in [0.05, 0.1) is 13.7 Å². The van der Waals surface area contributed by atoms with E-state index in [9.17, 15) is 9.59 Å². The van der Waals surface area contributed by atoms with Gasteiger partial charge in [0.1, 0.15) is 0 Å². The van der Waals surface area contributed by atoms with Crippen LogP contribution in [0.1, 0.15) is 19.8 Å². The molecule has 0 aromatic carbocycles. The van der Waals surface area contributed by atoms with Crippen molar-refractivity contribution < 1.29 is 19.1 Å². The summed E-state index contributed by atoms with van der Waals surface area (Å²) in [6, 6.07) is 0. The number of ether oxygens (including phenoxy) is 2. The van der Waals surface area contributed by atoms with Gasteiger partial charge in [-0.25, -0.2) is 4.79 Å². The van der Waals surface area contributed by atoms with Crippen molar-refractivity contribution in [2.24, 2.45) is 5.73 Å². The molecule has 1 amide bonds. The van der Waals surface area contributed by atoms with Crippen molar-refractivity contribution in [3.63, 3.8) is 0 Å². The molecule has 1 atom stereocenters. The lowest BCUT2D eigenvalue weighted by molar-refractivity contribution is -0.152. The minimum atomic E-state index is -1.14. The molecule has 0 spiro atoms. The Kier molecular flexibility index (Phi) is 10.0. The van der Waals surface area contributed by atoms with E-state index < -0.39 is 11.5 Å². The smallest absolute Gasteiger partial charge is 0.333 e. The Bertz CT molecular complexity index is 250. The average molecular weight is 269 g/mol. The van der Waals surface area contributed by atoms with Gasteiger partial charge in [0.2, 0.25) is 5.91 Å². The van der Waals surface area contributed by atoms with Crippen LogP contribution in [0.2, 0.25) is 0 Å². The summed E-state index contributed by atoms with van der Waals surface area (Å²) in [4.78, 5) is 23.0. The van der Waals surface area contributed by atoms with Crippen LogP contribution in [0.5, 0.6) is 0 Å². The predicted octanol–water partition coefficient (Wildman–Crippen LogP) is -0.159. The third-order valence-electron chi connectivity index (χ3n) is 2.09. The Hall–Kier alpha value is -0.850. The van der Waals surface area contributed by atoms with Gasteiger partial charge in [0, 0.05) is 13.5 Å². The molecule has 0 radical (unpaired) electrons. The van der Waals surface area contributed by atoms with Gasteiger partial charge in [0.25, 0.3) is 0 Å². The van der Waals surface area contributed by atoms with Crippen LogP contribution in [0.15, 0.2) is 0 Å². The van der Waals surface area contributed by atoms with Crippen LogP contribution in [0.4, 0.5) is 0 Å².